The van der Waals surface area contributed by atoms with Gasteiger partial charge in [-0.25, -0.2) is 8.42 Å². The third-order valence-electron chi connectivity index (χ3n) is 4.01. The normalized spacial score (nSPS) is 11.1. The van der Waals surface area contributed by atoms with Gasteiger partial charge in [0.25, 0.3) is 5.91 Å². The predicted molar refractivity (Wildman–Crippen MR) is 115 cm³/mol. The van der Waals surface area contributed by atoms with Crippen LogP contribution in [-0.4, -0.2) is 30.4 Å². The van der Waals surface area contributed by atoms with E-state index in [-0.39, 0.29) is 26.7 Å². The summed E-state index contributed by atoms with van der Waals surface area (Å²) in [5.41, 5.74) is 0.978. The van der Waals surface area contributed by atoms with Crippen LogP contribution in [0.15, 0.2) is 59.5 Å². The first kappa shape index (κ1) is 21.6. The molecular weight excluding hydrogens is 424 g/mol. The summed E-state index contributed by atoms with van der Waals surface area (Å²) in [6, 6.07) is 14.5. The molecule has 0 fully saturated rings. The SMILES string of the molecule is CCCC(=O)Nc1ccc(C(=O)Nc2nnc(CS(=O)(=O)c3ccccc3)s2)cc1. The van der Waals surface area contributed by atoms with Gasteiger partial charge in [-0.1, -0.05) is 36.5 Å². The number of hydrogen-bond acceptors (Lipinski definition) is 7. The molecule has 2 amide bonds. The van der Waals surface area contributed by atoms with Crippen LogP contribution in [0.3, 0.4) is 0 Å². The predicted octanol–water partition coefficient (Wildman–Crippen LogP) is 3.50. The number of anilines is 2. The molecule has 30 heavy (non-hydrogen) atoms. The van der Waals surface area contributed by atoms with Crippen molar-refractivity contribution in [2.45, 2.75) is 30.4 Å². The van der Waals surface area contributed by atoms with Crippen LogP contribution in [0.1, 0.15) is 35.1 Å². The number of carbonyl (C=O) groups is 2. The Morgan fingerprint density at radius 1 is 0.967 bits per heavy atom. The molecule has 3 aromatic rings. The lowest BCUT2D eigenvalue weighted by molar-refractivity contribution is -0.116. The summed E-state index contributed by atoms with van der Waals surface area (Å²) in [7, 11) is -3.54. The fraction of sp³-hybridized carbons (Fsp3) is 0.200. The minimum absolute atomic E-state index is 0.0819. The van der Waals surface area contributed by atoms with Gasteiger partial charge in [0.15, 0.2) is 9.84 Å². The summed E-state index contributed by atoms with van der Waals surface area (Å²) in [6.07, 6.45) is 1.18. The van der Waals surface area contributed by atoms with Crippen molar-refractivity contribution in [1.82, 2.24) is 10.2 Å². The monoisotopic (exact) mass is 444 g/mol. The molecule has 0 spiro atoms. The topological polar surface area (TPSA) is 118 Å². The van der Waals surface area contributed by atoms with Gasteiger partial charge in [-0.15, -0.1) is 10.2 Å². The molecule has 0 saturated heterocycles. The zero-order valence-corrected chi connectivity index (χ0v) is 17.8. The van der Waals surface area contributed by atoms with Gasteiger partial charge in [-0.2, -0.15) is 0 Å². The molecule has 156 valence electrons. The summed E-state index contributed by atoms with van der Waals surface area (Å²) in [5, 5.41) is 13.6. The van der Waals surface area contributed by atoms with Crippen LogP contribution in [-0.2, 0) is 20.4 Å². The maximum atomic E-state index is 12.4. The van der Waals surface area contributed by atoms with Crippen LogP contribution in [0.25, 0.3) is 0 Å². The first-order valence-corrected chi connectivity index (χ1v) is 11.7. The van der Waals surface area contributed by atoms with Gasteiger partial charge >= 0.3 is 0 Å². The molecule has 0 radical (unpaired) electrons. The Kier molecular flexibility index (Phi) is 6.91. The van der Waals surface area contributed by atoms with Crippen molar-refractivity contribution in [1.29, 1.82) is 0 Å². The van der Waals surface area contributed by atoms with Crippen molar-refractivity contribution < 1.29 is 18.0 Å². The lowest BCUT2D eigenvalue weighted by Gasteiger charge is -2.05. The van der Waals surface area contributed by atoms with Gasteiger partial charge in [-0.05, 0) is 42.8 Å². The Bertz CT molecular complexity index is 1130. The molecule has 3 rings (SSSR count). The molecule has 0 aliphatic rings. The van der Waals surface area contributed by atoms with Crippen LogP contribution in [0.5, 0.6) is 0 Å². The molecule has 0 saturated carbocycles. The molecule has 0 unspecified atom stereocenters. The second-order valence-electron chi connectivity index (χ2n) is 6.40. The van der Waals surface area contributed by atoms with Gasteiger partial charge in [-0.3, -0.25) is 14.9 Å². The molecule has 1 aromatic heterocycles. The number of nitrogens with one attached hydrogen (secondary N) is 2. The van der Waals surface area contributed by atoms with E-state index in [9.17, 15) is 18.0 Å². The largest absolute Gasteiger partial charge is 0.326 e. The highest BCUT2D eigenvalue weighted by Crippen LogP contribution is 2.22. The first-order chi connectivity index (χ1) is 14.4. The number of amides is 2. The van der Waals surface area contributed by atoms with Crippen LogP contribution in [0.4, 0.5) is 10.8 Å². The van der Waals surface area contributed by atoms with Gasteiger partial charge in [0.2, 0.25) is 11.0 Å². The van der Waals surface area contributed by atoms with E-state index in [0.717, 1.165) is 17.8 Å². The molecule has 0 bridgehead atoms. The molecule has 0 atom stereocenters. The highest BCUT2D eigenvalue weighted by molar-refractivity contribution is 7.90. The van der Waals surface area contributed by atoms with Crippen molar-refractivity contribution >= 4 is 43.8 Å². The molecule has 8 nitrogen and oxygen atoms in total. The zero-order valence-electron chi connectivity index (χ0n) is 16.2. The quantitative estimate of drug-likeness (QED) is 0.549. The van der Waals surface area contributed by atoms with E-state index in [1.807, 2.05) is 6.92 Å². The van der Waals surface area contributed by atoms with Gasteiger partial charge < -0.3 is 5.32 Å². The molecule has 2 N–H and O–H groups in total. The lowest BCUT2D eigenvalue weighted by Crippen LogP contribution is -2.13. The van der Waals surface area contributed by atoms with E-state index >= 15 is 0 Å². The molecule has 0 aliphatic heterocycles. The van der Waals surface area contributed by atoms with Crippen LogP contribution < -0.4 is 10.6 Å². The number of hydrogen-bond donors (Lipinski definition) is 2. The highest BCUT2D eigenvalue weighted by atomic mass is 32.2. The van der Waals surface area contributed by atoms with Crippen molar-refractivity contribution in [3.63, 3.8) is 0 Å². The van der Waals surface area contributed by atoms with Crippen molar-refractivity contribution in [3.05, 3.63) is 65.2 Å². The lowest BCUT2D eigenvalue weighted by atomic mass is 10.2. The number of rotatable bonds is 8. The summed E-state index contributed by atoms with van der Waals surface area (Å²) in [4.78, 5) is 24.2. The maximum Gasteiger partial charge on any atom is 0.257 e. The third-order valence-corrected chi connectivity index (χ3v) is 6.68. The molecule has 0 aliphatic carbocycles. The Labute approximate surface area is 178 Å². The summed E-state index contributed by atoms with van der Waals surface area (Å²) >= 11 is 1.00. The summed E-state index contributed by atoms with van der Waals surface area (Å²) < 4.78 is 24.9. The number of aromatic nitrogens is 2. The van der Waals surface area contributed by atoms with E-state index in [2.05, 4.69) is 20.8 Å². The van der Waals surface area contributed by atoms with E-state index in [1.54, 1.807) is 42.5 Å². The number of benzene rings is 2. The minimum atomic E-state index is -3.54. The van der Waals surface area contributed by atoms with E-state index < -0.39 is 15.7 Å². The Hall–Kier alpha value is -3.11. The fourth-order valence-electron chi connectivity index (χ4n) is 2.56. The Morgan fingerprint density at radius 2 is 1.67 bits per heavy atom. The summed E-state index contributed by atoms with van der Waals surface area (Å²) in [6.45, 7) is 1.92. The van der Waals surface area contributed by atoms with Crippen molar-refractivity contribution in [2.24, 2.45) is 0 Å². The minimum Gasteiger partial charge on any atom is -0.326 e. The van der Waals surface area contributed by atoms with Crippen LogP contribution in [0, 0.1) is 0 Å². The average Bonchev–Trinajstić information content (AvgIpc) is 3.15. The summed E-state index contributed by atoms with van der Waals surface area (Å²) in [5.74, 6) is -0.784. The van der Waals surface area contributed by atoms with Gasteiger partial charge in [0, 0.05) is 17.7 Å². The van der Waals surface area contributed by atoms with Crippen LogP contribution >= 0.6 is 11.3 Å². The number of nitrogens with zero attached hydrogens (tertiary/aromatic N) is 2. The van der Waals surface area contributed by atoms with Crippen molar-refractivity contribution in [3.8, 4) is 0 Å². The zero-order chi connectivity index (χ0) is 21.6. The standard InChI is InChI=1S/C20H20N4O4S2/c1-2-6-17(25)21-15-11-9-14(10-12-15)19(26)22-20-24-23-18(29-20)13-30(27,28)16-7-4-3-5-8-16/h3-5,7-12H,2,6,13H2,1H3,(H,21,25)(H,22,24,26). The van der Waals surface area contributed by atoms with E-state index in [4.69, 9.17) is 0 Å². The number of sulfone groups is 1. The van der Waals surface area contributed by atoms with E-state index in [0.29, 0.717) is 17.7 Å². The highest BCUT2D eigenvalue weighted by Gasteiger charge is 2.19. The van der Waals surface area contributed by atoms with Crippen LogP contribution in [0.2, 0.25) is 0 Å². The Balaban J connectivity index is 1.61. The van der Waals surface area contributed by atoms with E-state index in [1.165, 1.54) is 12.1 Å². The van der Waals surface area contributed by atoms with Crippen molar-refractivity contribution in [2.75, 3.05) is 10.6 Å². The fourth-order valence-corrected chi connectivity index (χ4v) is 4.91. The van der Waals surface area contributed by atoms with Gasteiger partial charge in [0.1, 0.15) is 10.8 Å². The Morgan fingerprint density at radius 3 is 2.33 bits per heavy atom. The number of carbonyl (C=O) groups excluding carboxylic acids is 2. The second-order valence-corrected chi connectivity index (χ2v) is 9.45. The van der Waals surface area contributed by atoms with Gasteiger partial charge in [0.05, 0.1) is 4.90 Å². The second kappa shape index (κ2) is 9.59. The first-order valence-electron chi connectivity index (χ1n) is 9.19. The maximum absolute atomic E-state index is 12.4. The molecule has 1 heterocycles. The molecule has 10 heteroatoms. The third kappa shape index (κ3) is 5.71. The smallest absolute Gasteiger partial charge is 0.257 e. The molecule has 2 aromatic carbocycles. The molecular formula is C20H20N4O4S2. The average molecular weight is 445 g/mol.